The molecule has 0 radical (unpaired) electrons. The fraction of sp³-hybridized carbons (Fsp3) is 0.611. The zero-order chi connectivity index (χ0) is 17.4. The highest BCUT2D eigenvalue weighted by Crippen LogP contribution is 2.24. The topological polar surface area (TPSA) is 63.3 Å². The maximum Gasteiger partial charge on any atom is 0.191 e. The summed E-state index contributed by atoms with van der Waals surface area (Å²) in [6.45, 7) is 9.96. The summed E-state index contributed by atoms with van der Waals surface area (Å²) in [6, 6.07) is 8.40. The van der Waals surface area contributed by atoms with E-state index in [-0.39, 0.29) is 30.0 Å². The number of aliphatic imine (C=N–C) groups is 1. The quantitative estimate of drug-likeness (QED) is 0.383. The third kappa shape index (κ3) is 6.31. The number of morpholine rings is 1. The highest BCUT2D eigenvalue weighted by Gasteiger charge is 2.19. The number of nitrogens with two attached hydrogens (primary N) is 1. The Balaban J connectivity index is 0.00000312. The van der Waals surface area contributed by atoms with Gasteiger partial charge in [-0.1, -0.05) is 26.0 Å². The Bertz CT molecular complexity index is 532. The Labute approximate surface area is 168 Å². The second-order valence-electron chi connectivity index (χ2n) is 5.81. The number of likely N-dealkylation sites (N-methyl/N-ethyl adjacent to an activating group) is 1. The average molecular weight is 462 g/mol. The number of methoxy groups -OCH3 is 1. The molecule has 0 amide bonds. The van der Waals surface area contributed by atoms with Crippen LogP contribution in [0.15, 0.2) is 29.3 Å². The third-order valence-electron chi connectivity index (χ3n) is 4.49. The molecule has 1 aromatic rings. The van der Waals surface area contributed by atoms with E-state index in [9.17, 15) is 0 Å². The fourth-order valence-electron chi connectivity index (χ4n) is 3.02. The molecule has 0 spiro atoms. The highest BCUT2D eigenvalue weighted by atomic mass is 127. The van der Waals surface area contributed by atoms with Crippen molar-refractivity contribution in [1.82, 2.24) is 9.80 Å². The lowest BCUT2D eigenvalue weighted by Crippen LogP contribution is -2.45. The lowest BCUT2D eigenvalue weighted by Gasteiger charge is -2.31. The molecule has 1 aromatic carbocycles. The number of benzene rings is 1. The molecule has 1 atom stereocenters. The van der Waals surface area contributed by atoms with Gasteiger partial charge in [-0.05, 0) is 30.8 Å². The van der Waals surface area contributed by atoms with Crippen molar-refractivity contribution in [1.29, 1.82) is 0 Å². The predicted molar refractivity (Wildman–Crippen MR) is 113 cm³/mol. The van der Waals surface area contributed by atoms with E-state index in [1.54, 1.807) is 7.11 Å². The zero-order valence-electron chi connectivity index (χ0n) is 15.5. The lowest BCUT2D eigenvalue weighted by molar-refractivity contribution is 0.0673. The van der Waals surface area contributed by atoms with Crippen molar-refractivity contribution in [3.63, 3.8) is 0 Å². The van der Waals surface area contributed by atoms with E-state index in [4.69, 9.17) is 15.2 Å². The van der Waals surface area contributed by atoms with Crippen molar-refractivity contribution in [3.8, 4) is 5.75 Å². The monoisotopic (exact) mass is 462 g/mol. The van der Waals surface area contributed by atoms with Crippen molar-refractivity contribution in [2.24, 2.45) is 10.7 Å². The fourth-order valence-corrected chi connectivity index (χ4v) is 3.02. The number of hydrogen-bond donors (Lipinski definition) is 1. The summed E-state index contributed by atoms with van der Waals surface area (Å²) in [5, 5.41) is 0. The smallest absolute Gasteiger partial charge is 0.191 e. The summed E-state index contributed by atoms with van der Waals surface area (Å²) in [7, 11) is 1.69. The van der Waals surface area contributed by atoms with E-state index in [2.05, 4.69) is 40.8 Å². The molecule has 1 aliphatic heterocycles. The summed E-state index contributed by atoms with van der Waals surface area (Å²) in [4.78, 5) is 9.16. The van der Waals surface area contributed by atoms with Gasteiger partial charge in [-0.2, -0.15) is 0 Å². The molecule has 1 saturated heterocycles. The Morgan fingerprint density at radius 2 is 2.00 bits per heavy atom. The van der Waals surface area contributed by atoms with E-state index < -0.39 is 0 Å². The van der Waals surface area contributed by atoms with E-state index in [1.165, 1.54) is 5.56 Å². The number of hydrogen-bond acceptors (Lipinski definition) is 4. The normalized spacial score (nSPS) is 16.5. The summed E-state index contributed by atoms with van der Waals surface area (Å²) in [5.74, 6) is 1.48. The molecule has 0 saturated carbocycles. The van der Waals surface area contributed by atoms with Gasteiger partial charge in [0.1, 0.15) is 5.75 Å². The summed E-state index contributed by atoms with van der Waals surface area (Å²) in [5.41, 5.74) is 7.40. The van der Waals surface area contributed by atoms with Crippen LogP contribution in [0.25, 0.3) is 0 Å². The molecule has 1 unspecified atom stereocenters. The predicted octanol–water partition coefficient (Wildman–Crippen LogP) is 2.34. The molecule has 1 aliphatic rings. The van der Waals surface area contributed by atoms with E-state index in [0.717, 1.165) is 31.9 Å². The Morgan fingerprint density at radius 3 is 2.60 bits per heavy atom. The van der Waals surface area contributed by atoms with Gasteiger partial charge in [0.05, 0.1) is 32.9 Å². The van der Waals surface area contributed by atoms with Crippen LogP contribution in [0, 0.1) is 0 Å². The minimum atomic E-state index is 0. The second kappa shape index (κ2) is 11.5. The van der Waals surface area contributed by atoms with Gasteiger partial charge >= 0.3 is 0 Å². The Hall–Kier alpha value is -1.06. The van der Waals surface area contributed by atoms with Crippen molar-refractivity contribution in [2.45, 2.75) is 19.9 Å². The van der Waals surface area contributed by atoms with Crippen molar-refractivity contribution >= 4 is 29.9 Å². The van der Waals surface area contributed by atoms with Gasteiger partial charge in [0.25, 0.3) is 0 Å². The largest absolute Gasteiger partial charge is 0.497 e. The van der Waals surface area contributed by atoms with E-state index in [0.29, 0.717) is 25.7 Å². The minimum Gasteiger partial charge on any atom is -0.497 e. The molecule has 142 valence electrons. The molecule has 0 bridgehead atoms. The molecule has 1 fully saturated rings. The lowest BCUT2D eigenvalue weighted by atomic mass is 10.0. The number of ether oxygens (including phenoxy) is 2. The first-order valence-electron chi connectivity index (χ1n) is 8.70. The van der Waals surface area contributed by atoms with Gasteiger partial charge in [-0.15, -0.1) is 24.0 Å². The van der Waals surface area contributed by atoms with Gasteiger partial charge in [-0.3, -0.25) is 9.89 Å². The van der Waals surface area contributed by atoms with E-state index >= 15 is 0 Å². The maximum atomic E-state index is 6.19. The van der Waals surface area contributed by atoms with Gasteiger partial charge in [0.15, 0.2) is 5.96 Å². The SMILES string of the molecule is CCN(CC)C(CN=C(N)N1CCOCC1)c1cccc(OC)c1.I. The number of halogens is 1. The molecule has 2 N–H and O–H groups in total. The van der Waals surface area contributed by atoms with Crippen LogP contribution in [0.5, 0.6) is 5.75 Å². The van der Waals surface area contributed by atoms with Gasteiger partial charge in [-0.25, -0.2) is 0 Å². The van der Waals surface area contributed by atoms with Gasteiger partial charge in [0, 0.05) is 13.1 Å². The van der Waals surface area contributed by atoms with Crippen LogP contribution in [-0.4, -0.2) is 68.8 Å². The average Bonchev–Trinajstić information content (AvgIpc) is 2.65. The first kappa shape index (κ1) is 22.0. The molecule has 25 heavy (non-hydrogen) atoms. The molecule has 1 heterocycles. The second-order valence-corrected chi connectivity index (χ2v) is 5.81. The van der Waals surface area contributed by atoms with Crippen molar-refractivity contribution < 1.29 is 9.47 Å². The summed E-state index contributed by atoms with van der Waals surface area (Å²) < 4.78 is 10.7. The van der Waals surface area contributed by atoms with Crippen LogP contribution in [0.3, 0.4) is 0 Å². The molecule has 0 aromatic heterocycles. The molecule has 0 aliphatic carbocycles. The van der Waals surface area contributed by atoms with Crippen LogP contribution in [-0.2, 0) is 4.74 Å². The van der Waals surface area contributed by atoms with Crippen LogP contribution in [0.2, 0.25) is 0 Å². The third-order valence-corrected chi connectivity index (χ3v) is 4.49. The Kier molecular flexibility index (Phi) is 10.1. The summed E-state index contributed by atoms with van der Waals surface area (Å²) >= 11 is 0. The molecular formula is C18H31IN4O2. The standard InChI is InChI=1S/C18H30N4O2.HI/c1-4-21(5-2)17(15-7-6-8-16(13-15)23-3)14-20-18(19)22-9-11-24-12-10-22;/h6-8,13,17H,4-5,9-12,14H2,1-3H3,(H2,19,20);1H. The van der Waals surface area contributed by atoms with Crippen LogP contribution < -0.4 is 10.5 Å². The van der Waals surface area contributed by atoms with Crippen molar-refractivity contribution in [2.75, 3.05) is 53.0 Å². The first-order valence-corrected chi connectivity index (χ1v) is 8.70. The molecule has 6 nitrogen and oxygen atoms in total. The van der Waals surface area contributed by atoms with Crippen LogP contribution >= 0.6 is 24.0 Å². The zero-order valence-corrected chi connectivity index (χ0v) is 17.8. The molecule has 7 heteroatoms. The number of nitrogens with zero attached hydrogens (tertiary/aromatic N) is 3. The maximum absolute atomic E-state index is 6.19. The molecular weight excluding hydrogens is 431 g/mol. The van der Waals surface area contributed by atoms with Crippen molar-refractivity contribution in [3.05, 3.63) is 29.8 Å². The molecule has 2 rings (SSSR count). The first-order chi connectivity index (χ1) is 11.7. The minimum absolute atomic E-state index is 0. The summed E-state index contributed by atoms with van der Waals surface area (Å²) in [6.07, 6.45) is 0. The van der Waals surface area contributed by atoms with Gasteiger partial charge in [0.2, 0.25) is 0 Å². The van der Waals surface area contributed by atoms with Gasteiger partial charge < -0.3 is 20.1 Å². The number of guanidine groups is 1. The Morgan fingerprint density at radius 1 is 1.32 bits per heavy atom. The number of rotatable bonds is 7. The highest BCUT2D eigenvalue weighted by molar-refractivity contribution is 14.0. The van der Waals surface area contributed by atoms with E-state index in [1.807, 2.05) is 12.1 Å². The van der Waals surface area contributed by atoms with Crippen LogP contribution in [0.1, 0.15) is 25.5 Å². The van der Waals surface area contributed by atoms with Crippen LogP contribution in [0.4, 0.5) is 0 Å².